The zero-order chi connectivity index (χ0) is 13.8. The molecule has 1 unspecified atom stereocenters. The molecule has 1 aliphatic rings. The number of hydrogen-bond acceptors (Lipinski definition) is 4. The fourth-order valence-corrected chi connectivity index (χ4v) is 2.71. The van der Waals surface area contributed by atoms with E-state index in [0.717, 1.165) is 4.88 Å². The molecule has 2 heterocycles. The van der Waals surface area contributed by atoms with Crippen molar-refractivity contribution in [2.24, 2.45) is 5.92 Å². The molecule has 1 aromatic rings. The van der Waals surface area contributed by atoms with Crippen LogP contribution in [-0.4, -0.2) is 49.6 Å². The summed E-state index contributed by atoms with van der Waals surface area (Å²) in [6.07, 6.45) is 0. The van der Waals surface area contributed by atoms with Crippen molar-refractivity contribution in [1.82, 2.24) is 10.2 Å². The number of likely N-dealkylation sites (tertiary alicyclic amines) is 1. The summed E-state index contributed by atoms with van der Waals surface area (Å²) in [4.78, 5) is 26.3. The molecule has 1 fully saturated rings. The summed E-state index contributed by atoms with van der Waals surface area (Å²) in [5.74, 6) is -0.0769. The maximum absolute atomic E-state index is 12.0. The fraction of sp³-hybridized carbons (Fsp3) is 0.538. The van der Waals surface area contributed by atoms with Crippen LogP contribution in [0.25, 0.3) is 0 Å². The molecule has 0 spiro atoms. The SMILES string of the molecule is COCC(C)NC(=O)C1CN(C(=O)c2cccs2)C1. The average Bonchev–Trinajstić information content (AvgIpc) is 2.79. The van der Waals surface area contributed by atoms with Gasteiger partial charge in [-0.25, -0.2) is 0 Å². The molecule has 0 saturated carbocycles. The number of carbonyl (C=O) groups excluding carboxylic acids is 2. The van der Waals surface area contributed by atoms with Crippen LogP contribution in [0, 0.1) is 5.92 Å². The minimum absolute atomic E-state index is 0.000204. The molecular formula is C13H18N2O3S. The Morgan fingerprint density at radius 2 is 2.32 bits per heavy atom. The third kappa shape index (κ3) is 3.33. The normalized spacial score (nSPS) is 16.8. The highest BCUT2D eigenvalue weighted by Gasteiger charge is 2.36. The van der Waals surface area contributed by atoms with E-state index in [1.165, 1.54) is 11.3 Å². The molecule has 1 aliphatic heterocycles. The lowest BCUT2D eigenvalue weighted by molar-refractivity contribution is -0.129. The Kier molecular flexibility index (Phi) is 4.55. The van der Waals surface area contributed by atoms with E-state index in [-0.39, 0.29) is 23.8 Å². The highest BCUT2D eigenvalue weighted by Crippen LogP contribution is 2.21. The minimum atomic E-state index is -0.0942. The molecular weight excluding hydrogens is 264 g/mol. The molecule has 0 aliphatic carbocycles. The highest BCUT2D eigenvalue weighted by molar-refractivity contribution is 7.12. The molecule has 1 saturated heterocycles. The number of nitrogens with one attached hydrogen (secondary N) is 1. The number of methoxy groups -OCH3 is 1. The van der Waals surface area contributed by atoms with Gasteiger partial charge in [0.25, 0.3) is 5.91 Å². The van der Waals surface area contributed by atoms with E-state index < -0.39 is 0 Å². The summed E-state index contributed by atoms with van der Waals surface area (Å²) in [5, 5.41) is 4.76. The van der Waals surface area contributed by atoms with E-state index in [4.69, 9.17) is 4.74 Å². The first-order valence-electron chi connectivity index (χ1n) is 6.24. The Hall–Kier alpha value is -1.40. The Balaban J connectivity index is 1.77. The number of ether oxygens (including phenoxy) is 1. The highest BCUT2D eigenvalue weighted by atomic mass is 32.1. The van der Waals surface area contributed by atoms with Crippen molar-refractivity contribution in [2.45, 2.75) is 13.0 Å². The average molecular weight is 282 g/mol. The van der Waals surface area contributed by atoms with Crippen molar-refractivity contribution in [3.63, 3.8) is 0 Å². The second kappa shape index (κ2) is 6.16. The maximum atomic E-state index is 12.0. The predicted molar refractivity (Wildman–Crippen MR) is 73.2 cm³/mol. The molecule has 0 bridgehead atoms. The maximum Gasteiger partial charge on any atom is 0.263 e. The van der Waals surface area contributed by atoms with Gasteiger partial charge in [-0.05, 0) is 18.4 Å². The van der Waals surface area contributed by atoms with E-state index in [9.17, 15) is 9.59 Å². The van der Waals surface area contributed by atoms with E-state index in [2.05, 4.69) is 5.32 Å². The molecule has 1 atom stereocenters. The number of rotatable bonds is 5. The summed E-state index contributed by atoms with van der Waals surface area (Å²) in [5.41, 5.74) is 0. The first-order valence-corrected chi connectivity index (χ1v) is 7.12. The number of hydrogen-bond donors (Lipinski definition) is 1. The van der Waals surface area contributed by atoms with Crippen molar-refractivity contribution in [1.29, 1.82) is 0 Å². The van der Waals surface area contributed by atoms with Crippen LogP contribution in [0.3, 0.4) is 0 Å². The minimum Gasteiger partial charge on any atom is -0.383 e. The van der Waals surface area contributed by atoms with Crippen molar-refractivity contribution in [3.05, 3.63) is 22.4 Å². The van der Waals surface area contributed by atoms with Crippen molar-refractivity contribution >= 4 is 23.2 Å². The molecule has 2 rings (SSSR count). The first-order chi connectivity index (χ1) is 9.11. The van der Waals surface area contributed by atoms with Gasteiger partial charge < -0.3 is 15.0 Å². The quantitative estimate of drug-likeness (QED) is 0.875. The lowest BCUT2D eigenvalue weighted by atomic mass is 9.98. The van der Waals surface area contributed by atoms with Crippen molar-refractivity contribution in [3.8, 4) is 0 Å². The number of thiophene rings is 1. The summed E-state index contributed by atoms with van der Waals surface area (Å²) in [6.45, 7) is 3.40. The molecule has 1 N–H and O–H groups in total. The van der Waals surface area contributed by atoms with Crippen LogP contribution in [-0.2, 0) is 9.53 Å². The molecule has 104 valence electrons. The van der Waals surface area contributed by atoms with Crippen LogP contribution >= 0.6 is 11.3 Å². The monoisotopic (exact) mass is 282 g/mol. The summed E-state index contributed by atoms with van der Waals surface area (Å²) < 4.78 is 4.97. The number of amides is 2. The number of carbonyl (C=O) groups is 2. The lowest BCUT2D eigenvalue weighted by Crippen LogP contribution is -2.56. The fourth-order valence-electron chi connectivity index (χ4n) is 2.02. The lowest BCUT2D eigenvalue weighted by Gasteiger charge is -2.38. The van der Waals surface area contributed by atoms with Crippen LogP contribution in [0.5, 0.6) is 0 Å². The van der Waals surface area contributed by atoms with Crippen molar-refractivity contribution < 1.29 is 14.3 Å². The third-order valence-corrected chi connectivity index (χ3v) is 3.93. The predicted octanol–water partition coefficient (Wildman–Crippen LogP) is 0.971. The van der Waals surface area contributed by atoms with Gasteiger partial charge in [0, 0.05) is 26.2 Å². The van der Waals surface area contributed by atoms with Crippen molar-refractivity contribution in [2.75, 3.05) is 26.8 Å². The zero-order valence-corrected chi connectivity index (χ0v) is 11.9. The Bertz CT molecular complexity index is 441. The molecule has 6 heteroatoms. The largest absolute Gasteiger partial charge is 0.383 e. The van der Waals surface area contributed by atoms with Gasteiger partial charge in [0.2, 0.25) is 5.91 Å². The second-order valence-corrected chi connectivity index (χ2v) is 5.70. The summed E-state index contributed by atoms with van der Waals surface area (Å²) >= 11 is 1.43. The molecule has 5 nitrogen and oxygen atoms in total. The van der Waals surface area contributed by atoms with Gasteiger partial charge >= 0.3 is 0 Å². The summed E-state index contributed by atoms with van der Waals surface area (Å²) in [6, 6.07) is 3.66. The van der Waals surface area contributed by atoms with Gasteiger partial charge in [0.15, 0.2) is 0 Å². The van der Waals surface area contributed by atoms with Crippen LogP contribution in [0.15, 0.2) is 17.5 Å². The van der Waals surface area contributed by atoms with Crippen LogP contribution in [0.2, 0.25) is 0 Å². The van der Waals surface area contributed by atoms with Crippen LogP contribution in [0.1, 0.15) is 16.6 Å². The molecule has 0 aromatic carbocycles. The standard InChI is InChI=1S/C13H18N2O3S/c1-9(8-18-2)14-12(16)10-6-15(7-10)13(17)11-4-3-5-19-11/h3-5,9-10H,6-8H2,1-2H3,(H,14,16). The molecule has 1 aromatic heterocycles. The smallest absolute Gasteiger partial charge is 0.263 e. The molecule has 0 radical (unpaired) electrons. The topological polar surface area (TPSA) is 58.6 Å². The van der Waals surface area contributed by atoms with E-state index in [1.54, 1.807) is 18.1 Å². The van der Waals surface area contributed by atoms with Gasteiger partial charge in [-0.1, -0.05) is 6.07 Å². The van der Waals surface area contributed by atoms with Gasteiger partial charge in [0.1, 0.15) is 0 Å². The molecule has 19 heavy (non-hydrogen) atoms. The number of nitrogens with zero attached hydrogens (tertiary/aromatic N) is 1. The van der Waals surface area contributed by atoms with Gasteiger partial charge in [-0.2, -0.15) is 0 Å². The Morgan fingerprint density at radius 1 is 1.58 bits per heavy atom. The third-order valence-electron chi connectivity index (χ3n) is 3.08. The van der Waals surface area contributed by atoms with Crippen LogP contribution in [0.4, 0.5) is 0 Å². The van der Waals surface area contributed by atoms with E-state index in [0.29, 0.717) is 19.7 Å². The first kappa shape index (κ1) is 14.0. The van der Waals surface area contributed by atoms with Crippen LogP contribution < -0.4 is 5.32 Å². The molecule has 2 amide bonds. The van der Waals surface area contributed by atoms with Gasteiger partial charge in [0.05, 0.1) is 17.4 Å². The van der Waals surface area contributed by atoms with Gasteiger partial charge in [-0.15, -0.1) is 11.3 Å². The van der Waals surface area contributed by atoms with Gasteiger partial charge in [-0.3, -0.25) is 9.59 Å². The second-order valence-electron chi connectivity index (χ2n) is 4.75. The Labute approximate surface area is 116 Å². The summed E-state index contributed by atoms with van der Waals surface area (Å²) in [7, 11) is 1.60. The zero-order valence-electron chi connectivity index (χ0n) is 11.1. The Morgan fingerprint density at radius 3 is 2.89 bits per heavy atom. The van der Waals surface area contributed by atoms with E-state index >= 15 is 0 Å². The van der Waals surface area contributed by atoms with E-state index in [1.807, 2.05) is 18.4 Å².